The first kappa shape index (κ1) is 30.6. The van der Waals surface area contributed by atoms with Crippen molar-refractivity contribution >= 4 is 31.8 Å². The lowest BCUT2D eigenvalue weighted by molar-refractivity contribution is -0.107. The summed E-state index contributed by atoms with van der Waals surface area (Å²) in [6, 6.07) is 20.6. The van der Waals surface area contributed by atoms with Gasteiger partial charge in [-0.25, -0.2) is 3.63 Å². The Hall–Kier alpha value is -2.89. The van der Waals surface area contributed by atoms with Gasteiger partial charge in [0.1, 0.15) is 11.4 Å². The normalized spacial score (nSPS) is 13.2. The number of hydrogen-bond acceptors (Lipinski definition) is 6. The maximum absolute atomic E-state index is 13.4. The summed E-state index contributed by atoms with van der Waals surface area (Å²) >= 11 is 0. The Balaban J connectivity index is 2.38. The van der Waals surface area contributed by atoms with Gasteiger partial charge in [-0.05, 0) is 97.8 Å². The fourth-order valence-electron chi connectivity index (χ4n) is 3.85. The lowest BCUT2D eigenvalue weighted by atomic mass is 10.2. The second-order valence-electron chi connectivity index (χ2n) is 10.4. The van der Waals surface area contributed by atoms with Gasteiger partial charge in [0.05, 0.1) is 0 Å². The lowest BCUT2D eigenvalue weighted by Crippen LogP contribution is -2.26. The van der Waals surface area contributed by atoms with Crippen molar-refractivity contribution in [1.82, 2.24) is 0 Å². The number of ether oxygens (including phenoxy) is 1. The zero-order valence-corrected chi connectivity index (χ0v) is 24.7. The third kappa shape index (κ3) is 7.83. The van der Waals surface area contributed by atoms with Gasteiger partial charge in [-0.2, -0.15) is 21.6 Å². The summed E-state index contributed by atoms with van der Waals surface area (Å²) in [5.41, 5.74) is 1.09. The van der Waals surface area contributed by atoms with Gasteiger partial charge >= 0.3 is 6.18 Å². The second kappa shape index (κ2) is 11.3. The van der Waals surface area contributed by atoms with Crippen LogP contribution in [0.15, 0.2) is 87.5 Å². The SMILES string of the molecule is CN(C)c1ccc(S(OS(=O)(=O)CC(F)(F)F)(c2ccc(N(C)C)cc2)c2cccc(OC(C)(C)C)c2)cc1. The number of benzene rings is 3. The molecular formula is C28H35F3N2O4S2. The van der Waals surface area contributed by atoms with Gasteiger partial charge in [0.15, 0.2) is 5.75 Å². The highest BCUT2D eigenvalue weighted by atomic mass is 32.3. The van der Waals surface area contributed by atoms with Gasteiger partial charge in [0.2, 0.25) is 0 Å². The van der Waals surface area contributed by atoms with Crippen LogP contribution >= 0.6 is 10.3 Å². The number of halogens is 3. The van der Waals surface area contributed by atoms with Gasteiger partial charge in [0, 0.05) is 54.3 Å². The molecule has 0 saturated carbocycles. The Kier molecular flexibility index (Phi) is 8.88. The molecule has 0 amide bonds. The largest absolute Gasteiger partial charge is 0.488 e. The Morgan fingerprint density at radius 2 is 1.18 bits per heavy atom. The van der Waals surface area contributed by atoms with Crippen LogP contribution in [-0.2, 0) is 13.7 Å². The first-order chi connectivity index (χ1) is 17.9. The maximum Gasteiger partial charge on any atom is 0.405 e. The van der Waals surface area contributed by atoms with Crippen LogP contribution in [0.25, 0.3) is 0 Å². The number of alkyl halides is 3. The number of hydrogen-bond donors (Lipinski definition) is 0. The van der Waals surface area contributed by atoms with Crippen LogP contribution in [0, 0.1) is 0 Å². The average Bonchev–Trinajstić information content (AvgIpc) is 2.80. The minimum Gasteiger partial charge on any atom is -0.488 e. The smallest absolute Gasteiger partial charge is 0.405 e. The summed E-state index contributed by atoms with van der Waals surface area (Å²) in [4.78, 5) is 4.95. The standard InChI is InChI=1S/C28H35F3N2O4S2/c1-27(2,3)36-23-9-8-10-26(19-23)39(37-38(34,35)20-28(29,30)31,24-15-11-21(12-16-24)32(4)5)25-17-13-22(14-18-25)33(6)7/h8-19H,20H2,1-7H3. The minimum atomic E-state index is -5.09. The Morgan fingerprint density at radius 3 is 1.56 bits per heavy atom. The summed E-state index contributed by atoms with van der Waals surface area (Å²) < 4.78 is 78.1. The summed E-state index contributed by atoms with van der Waals surface area (Å²) in [6.45, 7) is 5.60. The van der Waals surface area contributed by atoms with Gasteiger partial charge in [-0.3, -0.25) is 0 Å². The molecule has 0 radical (unpaired) electrons. The van der Waals surface area contributed by atoms with E-state index in [1.807, 2.05) is 58.8 Å². The summed E-state index contributed by atoms with van der Waals surface area (Å²) in [5.74, 6) is -1.68. The zero-order valence-electron chi connectivity index (χ0n) is 23.1. The molecule has 214 valence electrons. The first-order valence-corrected chi connectivity index (χ1v) is 15.2. The van der Waals surface area contributed by atoms with Crippen molar-refractivity contribution in [2.75, 3.05) is 43.7 Å². The Morgan fingerprint density at radius 1 is 0.718 bits per heavy atom. The number of rotatable bonds is 9. The van der Waals surface area contributed by atoms with Crippen LogP contribution in [-0.4, -0.2) is 54.1 Å². The molecule has 39 heavy (non-hydrogen) atoms. The topological polar surface area (TPSA) is 59.1 Å². The van der Waals surface area contributed by atoms with Crippen molar-refractivity contribution in [3.05, 3.63) is 72.8 Å². The van der Waals surface area contributed by atoms with E-state index >= 15 is 0 Å². The van der Waals surface area contributed by atoms with Gasteiger partial charge in [-0.1, -0.05) is 6.07 Å². The fourth-order valence-corrected chi connectivity index (χ4v) is 9.04. The van der Waals surface area contributed by atoms with Gasteiger partial charge in [-0.15, -0.1) is 0 Å². The predicted molar refractivity (Wildman–Crippen MR) is 152 cm³/mol. The van der Waals surface area contributed by atoms with Gasteiger partial charge < -0.3 is 14.5 Å². The molecule has 0 aromatic heterocycles. The third-order valence-electron chi connectivity index (χ3n) is 5.48. The van der Waals surface area contributed by atoms with Crippen LogP contribution in [0.5, 0.6) is 5.75 Å². The number of nitrogens with zero attached hydrogens (tertiary/aromatic N) is 2. The molecule has 6 nitrogen and oxygen atoms in total. The molecule has 0 N–H and O–H groups in total. The monoisotopic (exact) mass is 584 g/mol. The van der Waals surface area contributed by atoms with Crippen LogP contribution in [0.3, 0.4) is 0 Å². The molecule has 0 spiro atoms. The molecule has 0 unspecified atom stereocenters. The molecule has 0 atom stereocenters. The highest BCUT2D eigenvalue weighted by Gasteiger charge is 2.43. The van der Waals surface area contributed by atoms with Crippen LogP contribution in [0.4, 0.5) is 24.5 Å². The summed E-state index contributed by atoms with van der Waals surface area (Å²) in [7, 11) is -0.907. The van der Waals surface area contributed by atoms with E-state index in [2.05, 4.69) is 0 Å². The van der Waals surface area contributed by atoms with Gasteiger partial charge in [0.25, 0.3) is 10.1 Å². The van der Waals surface area contributed by atoms with E-state index in [0.717, 1.165) is 11.4 Å². The van der Waals surface area contributed by atoms with E-state index in [9.17, 15) is 21.6 Å². The van der Waals surface area contributed by atoms with Crippen molar-refractivity contribution < 1.29 is 30.0 Å². The maximum atomic E-state index is 13.4. The molecule has 3 aromatic rings. The van der Waals surface area contributed by atoms with Crippen LogP contribution < -0.4 is 14.5 Å². The van der Waals surface area contributed by atoms with E-state index in [1.165, 1.54) is 0 Å². The highest BCUT2D eigenvalue weighted by molar-refractivity contribution is 8.33. The molecule has 3 aromatic carbocycles. The molecule has 0 heterocycles. The highest BCUT2D eigenvalue weighted by Crippen LogP contribution is 2.70. The second-order valence-corrected chi connectivity index (χ2v) is 14.9. The van der Waals surface area contributed by atoms with E-state index < -0.39 is 38.0 Å². The molecule has 0 aliphatic heterocycles. The molecular weight excluding hydrogens is 549 g/mol. The molecule has 0 bridgehead atoms. The van der Waals surface area contributed by atoms with Crippen LogP contribution in [0.1, 0.15) is 20.8 Å². The van der Waals surface area contributed by atoms with E-state index in [1.54, 1.807) is 72.8 Å². The third-order valence-corrected chi connectivity index (χ3v) is 10.6. The van der Waals surface area contributed by atoms with Crippen molar-refractivity contribution in [3.63, 3.8) is 0 Å². The predicted octanol–water partition coefficient (Wildman–Crippen LogP) is 7.10. The van der Waals surface area contributed by atoms with Crippen molar-refractivity contribution in [3.8, 4) is 5.75 Å². The van der Waals surface area contributed by atoms with Crippen molar-refractivity contribution in [2.45, 2.75) is 47.2 Å². The average molecular weight is 585 g/mol. The Labute approximate surface area is 231 Å². The summed E-state index contributed by atoms with van der Waals surface area (Å²) in [5, 5.41) is 0. The number of anilines is 2. The van der Waals surface area contributed by atoms with E-state index in [0.29, 0.717) is 20.4 Å². The van der Waals surface area contributed by atoms with Crippen molar-refractivity contribution in [1.29, 1.82) is 0 Å². The van der Waals surface area contributed by atoms with E-state index in [4.69, 9.17) is 8.37 Å². The first-order valence-electron chi connectivity index (χ1n) is 12.1. The molecule has 3 rings (SSSR count). The molecule has 11 heteroatoms. The molecule has 0 fully saturated rings. The molecule has 0 saturated heterocycles. The Bertz CT molecular complexity index is 1320. The molecule has 0 aliphatic rings. The van der Waals surface area contributed by atoms with Crippen molar-refractivity contribution in [2.24, 2.45) is 0 Å². The zero-order chi connectivity index (χ0) is 29.2. The van der Waals surface area contributed by atoms with E-state index in [-0.39, 0.29) is 0 Å². The fraction of sp³-hybridized carbons (Fsp3) is 0.357. The van der Waals surface area contributed by atoms with Crippen LogP contribution in [0.2, 0.25) is 0 Å². The quantitative estimate of drug-likeness (QED) is 0.267. The lowest BCUT2D eigenvalue weighted by Gasteiger charge is -2.40. The summed E-state index contributed by atoms with van der Waals surface area (Å²) in [6.07, 6.45) is -4.98. The minimum absolute atomic E-state index is 0.380. The molecule has 0 aliphatic carbocycles.